The molecular formula is C12H21N3O3. The average molecular weight is 255 g/mol. The van der Waals surface area contributed by atoms with Gasteiger partial charge in [0.1, 0.15) is 0 Å². The van der Waals surface area contributed by atoms with Crippen molar-refractivity contribution in [2.24, 2.45) is 14.1 Å². The van der Waals surface area contributed by atoms with Crippen molar-refractivity contribution in [2.75, 3.05) is 6.54 Å². The Hall–Kier alpha value is -1.40. The highest BCUT2D eigenvalue weighted by Gasteiger charge is 2.06. The van der Waals surface area contributed by atoms with Gasteiger partial charge in [-0.3, -0.25) is 9.36 Å². The van der Waals surface area contributed by atoms with Crippen molar-refractivity contribution in [3.8, 4) is 0 Å². The molecule has 0 aromatic carbocycles. The molecular weight excluding hydrogens is 234 g/mol. The Morgan fingerprint density at radius 2 is 2.06 bits per heavy atom. The molecule has 0 saturated carbocycles. The number of nitrogens with zero attached hydrogens (tertiary/aromatic N) is 2. The molecule has 0 bridgehead atoms. The van der Waals surface area contributed by atoms with E-state index in [4.69, 9.17) is 0 Å². The van der Waals surface area contributed by atoms with Crippen LogP contribution in [0.3, 0.4) is 0 Å². The van der Waals surface area contributed by atoms with Gasteiger partial charge in [0.05, 0.1) is 6.10 Å². The van der Waals surface area contributed by atoms with Crippen molar-refractivity contribution in [3.63, 3.8) is 0 Å². The molecule has 18 heavy (non-hydrogen) atoms. The van der Waals surface area contributed by atoms with E-state index >= 15 is 0 Å². The fourth-order valence-electron chi connectivity index (χ4n) is 1.70. The fraction of sp³-hybridized carbons (Fsp3) is 0.667. The zero-order chi connectivity index (χ0) is 13.7. The zero-order valence-electron chi connectivity index (χ0n) is 11.1. The van der Waals surface area contributed by atoms with Crippen molar-refractivity contribution in [3.05, 3.63) is 32.6 Å². The van der Waals surface area contributed by atoms with Crippen molar-refractivity contribution in [1.29, 1.82) is 0 Å². The van der Waals surface area contributed by atoms with E-state index in [1.165, 1.54) is 11.6 Å². The molecule has 0 spiro atoms. The van der Waals surface area contributed by atoms with Crippen LogP contribution in [-0.4, -0.2) is 26.9 Å². The molecule has 0 aliphatic rings. The lowest BCUT2D eigenvalue weighted by Crippen LogP contribution is -2.39. The molecule has 0 aliphatic heterocycles. The molecule has 1 atom stereocenters. The number of aryl methyl sites for hydroxylation is 1. The van der Waals surface area contributed by atoms with E-state index in [0.29, 0.717) is 25.1 Å². The summed E-state index contributed by atoms with van der Waals surface area (Å²) in [5.41, 5.74) is -0.0580. The van der Waals surface area contributed by atoms with Crippen LogP contribution in [0.25, 0.3) is 0 Å². The number of aliphatic hydroxyl groups excluding tert-OH is 1. The lowest BCUT2D eigenvalue weighted by Gasteiger charge is -2.10. The molecule has 6 heteroatoms. The van der Waals surface area contributed by atoms with Crippen LogP contribution in [0.2, 0.25) is 0 Å². The van der Waals surface area contributed by atoms with Gasteiger partial charge in [-0.2, -0.15) is 0 Å². The number of hydrogen-bond donors (Lipinski definition) is 2. The highest BCUT2D eigenvalue weighted by atomic mass is 16.3. The molecule has 102 valence electrons. The Labute approximate surface area is 106 Å². The summed E-state index contributed by atoms with van der Waals surface area (Å²) < 4.78 is 2.48. The highest BCUT2D eigenvalue weighted by molar-refractivity contribution is 5.05. The number of nitrogens with one attached hydrogen (secondary N) is 1. The first kappa shape index (κ1) is 14.7. The molecule has 0 aliphatic carbocycles. The van der Waals surface area contributed by atoms with Crippen LogP contribution in [0.15, 0.2) is 15.8 Å². The van der Waals surface area contributed by atoms with Crippen molar-refractivity contribution >= 4 is 0 Å². The molecule has 0 radical (unpaired) electrons. The van der Waals surface area contributed by atoms with E-state index in [1.807, 2.05) is 6.92 Å². The Balaban J connectivity index is 2.64. The third-order valence-corrected chi connectivity index (χ3v) is 2.96. The van der Waals surface area contributed by atoms with Crippen molar-refractivity contribution in [1.82, 2.24) is 14.5 Å². The van der Waals surface area contributed by atoms with Gasteiger partial charge in [0.25, 0.3) is 5.56 Å². The SMILES string of the molecule is CCC(O)CCNCc1cn(C)c(=O)n(C)c1=O. The Bertz CT molecular complexity index is 504. The largest absolute Gasteiger partial charge is 0.393 e. The van der Waals surface area contributed by atoms with Gasteiger partial charge in [0.15, 0.2) is 0 Å². The van der Waals surface area contributed by atoms with E-state index in [1.54, 1.807) is 13.2 Å². The van der Waals surface area contributed by atoms with Gasteiger partial charge in [0.2, 0.25) is 0 Å². The first-order chi connectivity index (χ1) is 8.47. The minimum atomic E-state index is -0.329. The predicted octanol–water partition coefficient (Wildman–Crippen LogP) is -0.665. The van der Waals surface area contributed by atoms with E-state index in [9.17, 15) is 14.7 Å². The summed E-state index contributed by atoms with van der Waals surface area (Å²) in [6.45, 7) is 2.96. The predicted molar refractivity (Wildman–Crippen MR) is 69.5 cm³/mol. The van der Waals surface area contributed by atoms with Crippen LogP contribution in [0.4, 0.5) is 0 Å². The third-order valence-electron chi connectivity index (χ3n) is 2.96. The van der Waals surface area contributed by atoms with Crippen LogP contribution >= 0.6 is 0 Å². The van der Waals surface area contributed by atoms with E-state index in [2.05, 4.69) is 5.32 Å². The number of aliphatic hydroxyl groups is 1. The van der Waals surface area contributed by atoms with Gasteiger partial charge in [-0.15, -0.1) is 0 Å². The molecule has 1 aromatic heterocycles. The molecule has 6 nitrogen and oxygen atoms in total. The maximum atomic E-state index is 11.8. The smallest absolute Gasteiger partial charge is 0.330 e. The average Bonchev–Trinajstić information content (AvgIpc) is 2.37. The summed E-state index contributed by atoms with van der Waals surface area (Å²) in [6.07, 6.45) is 2.63. The van der Waals surface area contributed by atoms with Gasteiger partial charge in [-0.25, -0.2) is 4.79 Å². The van der Waals surface area contributed by atoms with E-state index in [0.717, 1.165) is 11.0 Å². The van der Waals surface area contributed by atoms with Gasteiger partial charge in [0, 0.05) is 32.4 Å². The first-order valence-corrected chi connectivity index (χ1v) is 6.11. The Morgan fingerprint density at radius 3 is 2.67 bits per heavy atom. The standard InChI is InChI=1S/C12H21N3O3/c1-4-10(16)5-6-13-7-9-8-14(2)12(18)15(3)11(9)17/h8,10,13,16H,4-7H2,1-3H3. The van der Waals surface area contributed by atoms with Crippen LogP contribution in [0, 0.1) is 0 Å². The van der Waals surface area contributed by atoms with Crippen LogP contribution in [0.1, 0.15) is 25.3 Å². The molecule has 0 saturated heterocycles. The topological polar surface area (TPSA) is 76.3 Å². The molecule has 1 aromatic rings. The second kappa shape index (κ2) is 6.51. The number of rotatable bonds is 6. The number of hydrogen-bond acceptors (Lipinski definition) is 4. The second-order valence-electron chi connectivity index (χ2n) is 4.44. The Morgan fingerprint density at radius 1 is 1.39 bits per heavy atom. The van der Waals surface area contributed by atoms with Gasteiger partial charge in [-0.1, -0.05) is 6.92 Å². The first-order valence-electron chi connectivity index (χ1n) is 6.11. The summed E-state index contributed by atoms with van der Waals surface area (Å²) in [4.78, 5) is 23.3. The van der Waals surface area contributed by atoms with Crippen LogP contribution < -0.4 is 16.6 Å². The van der Waals surface area contributed by atoms with Crippen LogP contribution in [-0.2, 0) is 20.6 Å². The molecule has 1 unspecified atom stereocenters. The molecule has 0 fully saturated rings. The third kappa shape index (κ3) is 3.54. The van der Waals surface area contributed by atoms with Crippen LogP contribution in [0.5, 0.6) is 0 Å². The fourth-order valence-corrected chi connectivity index (χ4v) is 1.70. The second-order valence-corrected chi connectivity index (χ2v) is 4.44. The van der Waals surface area contributed by atoms with E-state index < -0.39 is 0 Å². The minimum absolute atomic E-state index is 0.276. The Kier molecular flexibility index (Phi) is 5.30. The summed E-state index contributed by atoms with van der Waals surface area (Å²) in [7, 11) is 3.08. The van der Waals surface area contributed by atoms with Crippen molar-refractivity contribution in [2.45, 2.75) is 32.4 Å². The maximum Gasteiger partial charge on any atom is 0.330 e. The lowest BCUT2D eigenvalue weighted by molar-refractivity contribution is 0.159. The molecule has 2 N–H and O–H groups in total. The van der Waals surface area contributed by atoms with Crippen molar-refractivity contribution < 1.29 is 5.11 Å². The van der Waals surface area contributed by atoms with Gasteiger partial charge >= 0.3 is 5.69 Å². The summed E-state index contributed by atoms with van der Waals surface area (Å²) >= 11 is 0. The summed E-state index contributed by atoms with van der Waals surface area (Å²) in [6, 6.07) is 0. The quantitative estimate of drug-likeness (QED) is 0.661. The lowest BCUT2D eigenvalue weighted by atomic mass is 10.2. The van der Waals surface area contributed by atoms with Gasteiger partial charge in [-0.05, 0) is 19.4 Å². The molecule has 1 heterocycles. The van der Waals surface area contributed by atoms with E-state index in [-0.39, 0.29) is 17.4 Å². The summed E-state index contributed by atoms with van der Waals surface area (Å²) in [5.74, 6) is 0. The number of aromatic nitrogens is 2. The monoisotopic (exact) mass is 255 g/mol. The summed E-state index contributed by atoms with van der Waals surface area (Å²) in [5, 5.41) is 12.5. The maximum absolute atomic E-state index is 11.8. The highest BCUT2D eigenvalue weighted by Crippen LogP contribution is 1.95. The normalized spacial score (nSPS) is 12.7. The zero-order valence-corrected chi connectivity index (χ0v) is 11.1. The molecule has 1 rings (SSSR count). The minimum Gasteiger partial charge on any atom is -0.393 e. The van der Waals surface area contributed by atoms with Gasteiger partial charge < -0.3 is 15.0 Å². The molecule has 0 amide bonds.